The Morgan fingerprint density at radius 2 is 1.94 bits per heavy atom. The van der Waals surface area contributed by atoms with Crippen LogP contribution in [0.1, 0.15) is 33.1 Å². The van der Waals surface area contributed by atoms with Crippen LogP contribution in [0.4, 0.5) is 8.78 Å². The lowest BCUT2D eigenvalue weighted by Crippen LogP contribution is -2.63. The third-order valence-corrected chi connectivity index (χ3v) is 4.21. The van der Waals surface area contributed by atoms with Crippen molar-refractivity contribution in [3.05, 3.63) is 0 Å². The summed E-state index contributed by atoms with van der Waals surface area (Å²) in [5.74, 6) is -1.86. The molecule has 1 atom stereocenters. The Labute approximate surface area is 103 Å². The standard InChI is InChI=1S/C13H24F2N2/c1-3-5-11-8-17(9-11)12-6-7-16(4-2)10-13(12,14)15/h11-12H,3-10H2,1-2H3. The van der Waals surface area contributed by atoms with Gasteiger partial charge in [-0.3, -0.25) is 9.80 Å². The zero-order chi connectivity index (χ0) is 12.5. The van der Waals surface area contributed by atoms with E-state index in [4.69, 9.17) is 0 Å². The summed E-state index contributed by atoms with van der Waals surface area (Å²) < 4.78 is 28.0. The molecule has 0 aromatic carbocycles. The highest BCUT2D eigenvalue weighted by atomic mass is 19.3. The molecule has 0 radical (unpaired) electrons. The molecule has 0 spiro atoms. The van der Waals surface area contributed by atoms with Gasteiger partial charge in [0.1, 0.15) is 0 Å². The first kappa shape index (κ1) is 13.2. The van der Waals surface area contributed by atoms with E-state index in [9.17, 15) is 8.78 Å². The van der Waals surface area contributed by atoms with Crippen LogP contribution in [0.5, 0.6) is 0 Å². The summed E-state index contributed by atoms with van der Waals surface area (Å²) in [6, 6.07) is -0.501. The van der Waals surface area contributed by atoms with Gasteiger partial charge in [-0.2, -0.15) is 0 Å². The minimum Gasteiger partial charge on any atom is -0.298 e. The molecule has 17 heavy (non-hydrogen) atoms. The van der Waals surface area contributed by atoms with E-state index in [2.05, 4.69) is 6.92 Å². The molecule has 4 heteroatoms. The second kappa shape index (κ2) is 5.19. The lowest BCUT2D eigenvalue weighted by Gasteiger charge is -2.50. The predicted octanol–water partition coefficient (Wildman–Crippen LogP) is 2.45. The average Bonchev–Trinajstić information content (AvgIpc) is 2.22. The Morgan fingerprint density at radius 3 is 2.47 bits per heavy atom. The Balaban J connectivity index is 1.86. The van der Waals surface area contributed by atoms with E-state index in [1.54, 1.807) is 0 Å². The summed E-state index contributed by atoms with van der Waals surface area (Å²) in [6.07, 6.45) is 2.98. The first-order chi connectivity index (χ1) is 8.06. The lowest BCUT2D eigenvalue weighted by atomic mass is 9.89. The van der Waals surface area contributed by atoms with Crippen LogP contribution in [0.2, 0.25) is 0 Å². The number of rotatable bonds is 4. The maximum absolute atomic E-state index is 14.0. The van der Waals surface area contributed by atoms with E-state index in [1.807, 2.05) is 16.7 Å². The first-order valence-corrected chi connectivity index (χ1v) is 6.91. The van der Waals surface area contributed by atoms with E-state index < -0.39 is 12.0 Å². The molecular formula is C13H24F2N2. The van der Waals surface area contributed by atoms with Crippen molar-refractivity contribution in [2.45, 2.75) is 45.1 Å². The number of hydrogen-bond donors (Lipinski definition) is 0. The van der Waals surface area contributed by atoms with Gasteiger partial charge in [0, 0.05) is 19.6 Å². The first-order valence-electron chi connectivity index (χ1n) is 6.91. The second-order valence-electron chi connectivity index (χ2n) is 5.54. The van der Waals surface area contributed by atoms with Crippen LogP contribution in [-0.2, 0) is 0 Å². The van der Waals surface area contributed by atoms with Crippen molar-refractivity contribution in [2.75, 3.05) is 32.7 Å². The molecule has 0 aromatic rings. The van der Waals surface area contributed by atoms with Gasteiger partial charge in [0.2, 0.25) is 0 Å². The third kappa shape index (κ3) is 2.79. The van der Waals surface area contributed by atoms with Gasteiger partial charge in [-0.1, -0.05) is 20.3 Å². The van der Waals surface area contributed by atoms with Crippen LogP contribution < -0.4 is 0 Å². The number of likely N-dealkylation sites (tertiary alicyclic amines) is 2. The molecular weight excluding hydrogens is 222 g/mol. The average molecular weight is 246 g/mol. The van der Waals surface area contributed by atoms with Gasteiger partial charge in [-0.15, -0.1) is 0 Å². The SMILES string of the molecule is CCCC1CN(C2CCN(CC)CC2(F)F)C1. The van der Waals surface area contributed by atoms with E-state index in [0.29, 0.717) is 12.3 Å². The molecule has 0 aliphatic carbocycles. The number of piperidine rings is 1. The molecule has 2 aliphatic heterocycles. The van der Waals surface area contributed by atoms with Gasteiger partial charge in [-0.05, 0) is 25.3 Å². The molecule has 0 amide bonds. The fourth-order valence-electron chi connectivity index (χ4n) is 3.17. The van der Waals surface area contributed by atoms with Crippen molar-refractivity contribution in [3.63, 3.8) is 0 Å². The quantitative estimate of drug-likeness (QED) is 0.752. The largest absolute Gasteiger partial charge is 0.298 e. The Morgan fingerprint density at radius 1 is 1.24 bits per heavy atom. The highest BCUT2D eigenvalue weighted by molar-refractivity contribution is 4.97. The highest BCUT2D eigenvalue weighted by Gasteiger charge is 2.49. The molecule has 0 N–H and O–H groups in total. The Bertz CT molecular complexity index is 252. The summed E-state index contributed by atoms with van der Waals surface area (Å²) in [4.78, 5) is 3.87. The molecule has 100 valence electrons. The molecule has 0 saturated carbocycles. The number of hydrogen-bond acceptors (Lipinski definition) is 2. The molecule has 2 heterocycles. The van der Waals surface area contributed by atoms with E-state index in [-0.39, 0.29) is 6.54 Å². The fourth-order valence-corrected chi connectivity index (χ4v) is 3.17. The summed E-state index contributed by atoms with van der Waals surface area (Å²) in [5.41, 5.74) is 0. The van der Waals surface area contributed by atoms with Crippen molar-refractivity contribution in [2.24, 2.45) is 5.92 Å². The van der Waals surface area contributed by atoms with Crippen LogP contribution in [0.15, 0.2) is 0 Å². The third-order valence-electron chi connectivity index (χ3n) is 4.21. The van der Waals surface area contributed by atoms with Gasteiger partial charge in [-0.25, -0.2) is 8.78 Å². The predicted molar refractivity (Wildman–Crippen MR) is 65.4 cm³/mol. The van der Waals surface area contributed by atoms with Crippen LogP contribution in [-0.4, -0.2) is 54.5 Å². The van der Waals surface area contributed by atoms with Crippen molar-refractivity contribution >= 4 is 0 Å². The van der Waals surface area contributed by atoms with E-state index in [1.165, 1.54) is 12.8 Å². The number of halogens is 2. The molecule has 0 aromatic heterocycles. The molecule has 1 unspecified atom stereocenters. The monoisotopic (exact) mass is 246 g/mol. The van der Waals surface area contributed by atoms with Crippen LogP contribution in [0.25, 0.3) is 0 Å². The van der Waals surface area contributed by atoms with Crippen molar-refractivity contribution < 1.29 is 8.78 Å². The van der Waals surface area contributed by atoms with Crippen molar-refractivity contribution in [3.8, 4) is 0 Å². The molecule has 2 nitrogen and oxygen atoms in total. The maximum atomic E-state index is 14.0. The minimum atomic E-state index is -2.52. The normalized spacial score (nSPS) is 31.4. The van der Waals surface area contributed by atoms with Gasteiger partial charge in [0.05, 0.1) is 12.6 Å². The van der Waals surface area contributed by atoms with Crippen molar-refractivity contribution in [1.29, 1.82) is 0 Å². The molecule has 2 rings (SSSR count). The topological polar surface area (TPSA) is 6.48 Å². The maximum Gasteiger partial charge on any atom is 0.275 e. The van der Waals surface area contributed by atoms with E-state index in [0.717, 1.165) is 26.2 Å². The van der Waals surface area contributed by atoms with Gasteiger partial charge in [0.25, 0.3) is 5.92 Å². The number of alkyl halides is 2. The summed E-state index contributed by atoms with van der Waals surface area (Å²) in [5, 5.41) is 0. The number of nitrogens with zero attached hydrogens (tertiary/aromatic N) is 2. The zero-order valence-corrected chi connectivity index (χ0v) is 11.0. The van der Waals surface area contributed by atoms with Gasteiger partial charge < -0.3 is 0 Å². The van der Waals surface area contributed by atoms with Crippen molar-refractivity contribution in [1.82, 2.24) is 9.80 Å². The highest BCUT2D eigenvalue weighted by Crippen LogP contribution is 2.35. The zero-order valence-electron chi connectivity index (χ0n) is 11.0. The van der Waals surface area contributed by atoms with Crippen LogP contribution in [0, 0.1) is 5.92 Å². The summed E-state index contributed by atoms with van der Waals surface area (Å²) >= 11 is 0. The van der Waals surface area contributed by atoms with E-state index >= 15 is 0 Å². The Hall–Kier alpha value is -0.220. The lowest BCUT2D eigenvalue weighted by molar-refractivity contribution is -0.148. The van der Waals surface area contributed by atoms with Gasteiger partial charge in [0.15, 0.2) is 0 Å². The smallest absolute Gasteiger partial charge is 0.275 e. The molecule has 0 bridgehead atoms. The second-order valence-corrected chi connectivity index (χ2v) is 5.54. The minimum absolute atomic E-state index is 0.0525. The molecule has 2 fully saturated rings. The summed E-state index contributed by atoms with van der Waals surface area (Å²) in [6.45, 7) is 7.41. The van der Waals surface area contributed by atoms with Gasteiger partial charge >= 0.3 is 0 Å². The van der Waals surface area contributed by atoms with Crippen LogP contribution in [0.3, 0.4) is 0 Å². The van der Waals surface area contributed by atoms with Crippen LogP contribution >= 0.6 is 0 Å². The molecule has 2 aliphatic rings. The molecule has 2 saturated heterocycles. The fraction of sp³-hybridized carbons (Fsp3) is 1.00. The Kier molecular flexibility index (Phi) is 4.03. The summed E-state index contributed by atoms with van der Waals surface area (Å²) in [7, 11) is 0.